The van der Waals surface area contributed by atoms with E-state index in [2.05, 4.69) is 52.1 Å². The summed E-state index contributed by atoms with van der Waals surface area (Å²) >= 11 is 3.95. The van der Waals surface area contributed by atoms with E-state index in [1.165, 1.54) is 15.5 Å². The third-order valence-electron chi connectivity index (χ3n) is 2.43. The third-order valence-corrected chi connectivity index (χ3v) is 5.05. The summed E-state index contributed by atoms with van der Waals surface area (Å²) in [6, 6.07) is 4.53. The minimum Gasteiger partial charge on any atom is -0.311 e. The van der Waals surface area contributed by atoms with Gasteiger partial charge in [-0.15, -0.1) is 11.3 Å². The quantitative estimate of drug-likeness (QED) is 0.775. The molecular weight excluding hydrogens is 246 g/mol. The summed E-state index contributed by atoms with van der Waals surface area (Å²) in [6.07, 6.45) is 0. The Morgan fingerprint density at radius 2 is 2.00 bits per heavy atom. The maximum absolute atomic E-state index is 3.51. The van der Waals surface area contributed by atoms with Crippen molar-refractivity contribution >= 4 is 23.1 Å². The molecule has 0 unspecified atom stereocenters. The maximum atomic E-state index is 3.51. The van der Waals surface area contributed by atoms with Crippen LogP contribution in [-0.4, -0.2) is 17.5 Å². The van der Waals surface area contributed by atoms with Crippen LogP contribution in [0.5, 0.6) is 0 Å². The molecule has 0 bridgehead atoms. The predicted molar refractivity (Wildman–Crippen MR) is 82.3 cm³/mol. The molecule has 17 heavy (non-hydrogen) atoms. The summed E-state index contributed by atoms with van der Waals surface area (Å²) in [6.45, 7) is 13.4. The van der Waals surface area contributed by atoms with Gasteiger partial charge in [-0.25, -0.2) is 0 Å². The van der Waals surface area contributed by atoms with Crippen molar-refractivity contribution in [2.75, 3.05) is 12.3 Å². The molecule has 0 aliphatic heterocycles. The van der Waals surface area contributed by atoms with E-state index in [0.29, 0.717) is 0 Å². The fourth-order valence-corrected chi connectivity index (χ4v) is 3.22. The minimum atomic E-state index is 0.288. The molecule has 1 aromatic heterocycles. The first-order chi connectivity index (χ1) is 7.89. The Morgan fingerprint density at radius 1 is 1.29 bits per heavy atom. The molecule has 1 rings (SSSR count). The smallest absolute Gasteiger partial charge is 0.0300 e. The van der Waals surface area contributed by atoms with Crippen LogP contribution in [0.2, 0.25) is 0 Å². The number of nitrogens with one attached hydrogen (secondary N) is 1. The molecule has 1 aromatic rings. The van der Waals surface area contributed by atoms with Crippen molar-refractivity contribution in [2.45, 2.75) is 51.8 Å². The Labute approximate surface area is 114 Å². The van der Waals surface area contributed by atoms with Gasteiger partial charge >= 0.3 is 0 Å². The molecular formula is C14H25NS2. The Balaban J connectivity index is 2.26. The fraction of sp³-hybridized carbons (Fsp3) is 0.714. The zero-order chi connectivity index (χ0) is 12.9. The van der Waals surface area contributed by atoms with Crippen molar-refractivity contribution in [1.29, 1.82) is 0 Å². The zero-order valence-electron chi connectivity index (χ0n) is 11.7. The predicted octanol–water partition coefficient (Wildman–Crippen LogP) is 4.28. The molecule has 0 atom stereocenters. The highest BCUT2D eigenvalue weighted by atomic mass is 32.2. The molecule has 1 heterocycles. The first-order valence-electron chi connectivity index (χ1n) is 6.31. The van der Waals surface area contributed by atoms with Gasteiger partial charge in [-0.2, -0.15) is 11.8 Å². The van der Waals surface area contributed by atoms with E-state index in [1.807, 2.05) is 23.1 Å². The van der Waals surface area contributed by atoms with Crippen LogP contribution in [-0.2, 0) is 12.0 Å². The second-order valence-electron chi connectivity index (χ2n) is 5.61. The maximum Gasteiger partial charge on any atom is 0.0300 e. The summed E-state index contributed by atoms with van der Waals surface area (Å²) in [7, 11) is 0. The molecule has 0 spiro atoms. The second-order valence-corrected chi connectivity index (χ2v) is 8.46. The summed E-state index contributed by atoms with van der Waals surface area (Å²) in [4.78, 5) is 2.93. The highest BCUT2D eigenvalue weighted by Gasteiger charge is 2.15. The molecule has 1 N–H and O–H groups in total. The van der Waals surface area contributed by atoms with E-state index < -0.39 is 0 Å². The molecule has 1 nitrogen and oxygen atoms in total. The molecule has 98 valence electrons. The van der Waals surface area contributed by atoms with Gasteiger partial charge in [0.05, 0.1) is 0 Å². The molecule has 0 radical (unpaired) electrons. The molecule has 0 aromatic carbocycles. The van der Waals surface area contributed by atoms with Crippen LogP contribution in [0.25, 0.3) is 0 Å². The van der Waals surface area contributed by atoms with Crippen LogP contribution in [0.4, 0.5) is 0 Å². The van der Waals surface area contributed by atoms with Crippen LogP contribution >= 0.6 is 23.1 Å². The SMILES string of the molecule is CC(C)SCCNCc1ccc(C(C)(C)C)s1. The van der Waals surface area contributed by atoms with Gasteiger partial charge < -0.3 is 5.32 Å². The summed E-state index contributed by atoms with van der Waals surface area (Å²) in [5, 5.41) is 4.25. The second kappa shape index (κ2) is 6.81. The summed E-state index contributed by atoms with van der Waals surface area (Å²) in [5.74, 6) is 1.20. The molecule has 0 saturated heterocycles. The van der Waals surface area contributed by atoms with Gasteiger partial charge in [0, 0.05) is 28.6 Å². The van der Waals surface area contributed by atoms with Crippen molar-refractivity contribution in [3.05, 3.63) is 21.9 Å². The van der Waals surface area contributed by atoms with Crippen LogP contribution in [0, 0.1) is 0 Å². The van der Waals surface area contributed by atoms with E-state index in [4.69, 9.17) is 0 Å². The number of rotatable bonds is 6. The molecule has 0 saturated carbocycles. The van der Waals surface area contributed by atoms with E-state index in [1.54, 1.807) is 0 Å². The molecule has 0 fully saturated rings. The highest BCUT2D eigenvalue weighted by molar-refractivity contribution is 7.99. The van der Waals surface area contributed by atoms with Crippen LogP contribution in [0.15, 0.2) is 12.1 Å². The lowest BCUT2D eigenvalue weighted by Gasteiger charge is -2.15. The van der Waals surface area contributed by atoms with Crippen LogP contribution in [0.1, 0.15) is 44.4 Å². The number of hydrogen-bond acceptors (Lipinski definition) is 3. The Morgan fingerprint density at radius 3 is 2.53 bits per heavy atom. The molecule has 0 aliphatic rings. The number of thiophene rings is 1. The zero-order valence-corrected chi connectivity index (χ0v) is 13.3. The standard InChI is InChI=1S/C14H25NS2/c1-11(2)16-9-8-15-10-12-6-7-13(17-12)14(3,4)5/h6-7,11,15H,8-10H2,1-5H3. The van der Waals surface area contributed by atoms with E-state index in [0.717, 1.165) is 18.3 Å². The lowest BCUT2D eigenvalue weighted by molar-refractivity contribution is 0.604. The van der Waals surface area contributed by atoms with Crippen molar-refractivity contribution in [3.8, 4) is 0 Å². The van der Waals surface area contributed by atoms with E-state index >= 15 is 0 Å². The van der Waals surface area contributed by atoms with E-state index in [-0.39, 0.29) is 5.41 Å². The largest absolute Gasteiger partial charge is 0.311 e. The molecule has 0 aliphatic carbocycles. The lowest BCUT2D eigenvalue weighted by atomic mass is 9.95. The summed E-state index contributed by atoms with van der Waals surface area (Å²) < 4.78 is 0. The van der Waals surface area contributed by atoms with Crippen molar-refractivity contribution in [1.82, 2.24) is 5.32 Å². The number of thioether (sulfide) groups is 1. The fourth-order valence-electron chi connectivity index (χ4n) is 1.45. The van der Waals surface area contributed by atoms with Crippen molar-refractivity contribution < 1.29 is 0 Å². The highest BCUT2D eigenvalue weighted by Crippen LogP contribution is 2.29. The number of hydrogen-bond donors (Lipinski definition) is 1. The van der Waals surface area contributed by atoms with Crippen LogP contribution in [0.3, 0.4) is 0 Å². The Hall–Kier alpha value is 0.01000. The summed E-state index contributed by atoms with van der Waals surface area (Å²) in [5.41, 5.74) is 0.288. The Kier molecular flexibility index (Phi) is 6.04. The lowest BCUT2D eigenvalue weighted by Crippen LogP contribution is -2.16. The molecule has 3 heteroatoms. The van der Waals surface area contributed by atoms with Gasteiger partial charge in [-0.05, 0) is 22.8 Å². The average Bonchev–Trinajstić information content (AvgIpc) is 2.64. The minimum absolute atomic E-state index is 0.288. The van der Waals surface area contributed by atoms with Gasteiger partial charge in [-0.1, -0.05) is 34.6 Å². The normalized spacial score (nSPS) is 12.4. The van der Waals surface area contributed by atoms with Crippen LogP contribution < -0.4 is 5.32 Å². The van der Waals surface area contributed by atoms with Gasteiger partial charge in [0.15, 0.2) is 0 Å². The first kappa shape index (κ1) is 15.1. The van der Waals surface area contributed by atoms with Crippen molar-refractivity contribution in [3.63, 3.8) is 0 Å². The van der Waals surface area contributed by atoms with Gasteiger partial charge in [0.25, 0.3) is 0 Å². The average molecular weight is 271 g/mol. The van der Waals surface area contributed by atoms with Gasteiger partial charge in [-0.3, -0.25) is 0 Å². The monoisotopic (exact) mass is 271 g/mol. The Bertz CT molecular complexity index is 323. The van der Waals surface area contributed by atoms with E-state index in [9.17, 15) is 0 Å². The van der Waals surface area contributed by atoms with Gasteiger partial charge in [0.1, 0.15) is 0 Å². The van der Waals surface area contributed by atoms with Crippen molar-refractivity contribution in [2.24, 2.45) is 0 Å². The topological polar surface area (TPSA) is 12.0 Å². The molecule has 0 amide bonds. The van der Waals surface area contributed by atoms with Gasteiger partial charge in [0.2, 0.25) is 0 Å². The third kappa shape index (κ3) is 5.94. The first-order valence-corrected chi connectivity index (χ1v) is 8.17.